The van der Waals surface area contributed by atoms with Gasteiger partial charge in [0.25, 0.3) is 0 Å². The van der Waals surface area contributed by atoms with Crippen LogP contribution in [-0.2, 0) is 0 Å². The van der Waals surface area contributed by atoms with Gasteiger partial charge in [-0.1, -0.05) is 27.7 Å². The Bertz CT molecular complexity index is 329. The summed E-state index contributed by atoms with van der Waals surface area (Å²) < 4.78 is 0. The molecule has 14 heavy (non-hydrogen) atoms. The smallest absolute Gasteiger partial charge is 0.167 e. The van der Waals surface area contributed by atoms with Gasteiger partial charge < -0.3 is 0 Å². The molecule has 0 aliphatic carbocycles. The molecule has 1 rings (SSSR count). The minimum absolute atomic E-state index is 0.0386. The maximum atomic E-state index is 11.8. The highest BCUT2D eigenvalue weighted by Crippen LogP contribution is 2.19. The largest absolute Gasteiger partial charge is 0.294 e. The van der Waals surface area contributed by atoms with E-state index in [4.69, 9.17) is 0 Å². The average Bonchev–Trinajstić information content (AvgIpc) is 2.16. The summed E-state index contributed by atoms with van der Waals surface area (Å²) >= 11 is 0. The molecule has 0 fully saturated rings. The molecule has 0 unspecified atom stereocenters. The molecule has 2 nitrogen and oxygen atoms in total. The summed E-state index contributed by atoms with van der Waals surface area (Å²) in [4.78, 5) is 16.1. The van der Waals surface area contributed by atoms with Crippen LogP contribution in [0.5, 0.6) is 0 Å². The van der Waals surface area contributed by atoms with Gasteiger partial charge in [-0.25, -0.2) is 0 Å². The van der Waals surface area contributed by atoms with E-state index in [9.17, 15) is 4.79 Å². The Morgan fingerprint density at radius 1 is 1.29 bits per heavy atom. The zero-order valence-corrected chi connectivity index (χ0v) is 9.24. The van der Waals surface area contributed by atoms with E-state index >= 15 is 0 Å². The highest BCUT2D eigenvalue weighted by Gasteiger charge is 2.16. The van der Waals surface area contributed by atoms with Crippen LogP contribution in [-0.4, -0.2) is 10.8 Å². The van der Waals surface area contributed by atoms with Crippen molar-refractivity contribution in [1.82, 2.24) is 4.98 Å². The van der Waals surface area contributed by atoms with Crippen molar-refractivity contribution < 1.29 is 4.79 Å². The Kier molecular flexibility index (Phi) is 3.39. The van der Waals surface area contributed by atoms with E-state index in [1.807, 2.05) is 26.0 Å². The van der Waals surface area contributed by atoms with Crippen LogP contribution in [0.3, 0.4) is 0 Å². The first kappa shape index (κ1) is 10.9. The molecule has 76 valence electrons. The molecule has 0 N–H and O–H groups in total. The lowest BCUT2D eigenvalue weighted by molar-refractivity contribution is 0.0937. The Morgan fingerprint density at radius 2 is 1.93 bits per heavy atom. The molecule has 0 aromatic carbocycles. The Morgan fingerprint density at radius 3 is 2.43 bits per heavy atom. The zero-order chi connectivity index (χ0) is 10.7. The van der Waals surface area contributed by atoms with Crippen LogP contribution in [0.1, 0.15) is 49.7 Å². The summed E-state index contributed by atoms with van der Waals surface area (Å²) in [6, 6.07) is 3.69. The van der Waals surface area contributed by atoms with Gasteiger partial charge in [0, 0.05) is 17.7 Å². The predicted molar refractivity (Wildman–Crippen MR) is 57.5 cm³/mol. The SMILES string of the molecule is CC(C)C(=O)c1cccnc1C(C)C. The van der Waals surface area contributed by atoms with E-state index in [-0.39, 0.29) is 11.7 Å². The fraction of sp³-hybridized carbons (Fsp3) is 0.500. The molecule has 0 saturated heterocycles. The lowest BCUT2D eigenvalue weighted by Crippen LogP contribution is -2.12. The van der Waals surface area contributed by atoms with Crippen molar-refractivity contribution in [3.05, 3.63) is 29.6 Å². The average molecular weight is 191 g/mol. The van der Waals surface area contributed by atoms with Gasteiger partial charge in [-0.15, -0.1) is 0 Å². The second-order valence-electron chi connectivity index (χ2n) is 4.11. The second-order valence-corrected chi connectivity index (χ2v) is 4.11. The van der Waals surface area contributed by atoms with Crippen LogP contribution in [0, 0.1) is 5.92 Å². The number of carbonyl (C=O) groups excluding carboxylic acids is 1. The molecular formula is C12H17NO. The van der Waals surface area contributed by atoms with Crippen LogP contribution in [0.15, 0.2) is 18.3 Å². The van der Waals surface area contributed by atoms with Crippen LogP contribution in [0.4, 0.5) is 0 Å². The summed E-state index contributed by atoms with van der Waals surface area (Å²) in [5, 5.41) is 0. The highest BCUT2D eigenvalue weighted by molar-refractivity contribution is 5.98. The first-order valence-electron chi connectivity index (χ1n) is 5.03. The highest BCUT2D eigenvalue weighted by atomic mass is 16.1. The summed E-state index contributed by atoms with van der Waals surface area (Å²) in [6.45, 7) is 7.94. The van der Waals surface area contributed by atoms with Crippen LogP contribution >= 0.6 is 0 Å². The lowest BCUT2D eigenvalue weighted by atomic mass is 9.95. The van der Waals surface area contributed by atoms with Crippen LogP contribution in [0.25, 0.3) is 0 Å². The topological polar surface area (TPSA) is 30.0 Å². The van der Waals surface area contributed by atoms with E-state index in [1.165, 1.54) is 0 Å². The van der Waals surface area contributed by atoms with Crippen molar-refractivity contribution >= 4 is 5.78 Å². The molecule has 0 aliphatic rings. The lowest BCUT2D eigenvalue weighted by Gasteiger charge is -2.11. The number of aromatic nitrogens is 1. The molecule has 1 heterocycles. The Balaban J connectivity index is 3.13. The fourth-order valence-corrected chi connectivity index (χ4v) is 1.40. The normalized spacial score (nSPS) is 11.0. The van der Waals surface area contributed by atoms with Gasteiger partial charge in [-0.2, -0.15) is 0 Å². The van der Waals surface area contributed by atoms with Crippen molar-refractivity contribution in [1.29, 1.82) is 0 Å². The van der Waals surface area contributed by atoms with Gasteiger partial charge in [-0.3, -0.25) is 9.78 Å². The second kappa shape index (κ2) is 4.36. The predicted octanol–water partition coefficient (Wildman–Crippen LogP) is 3.04. The van der Waals surface area contributed by atoms with Crippen LogP contribution in [0.2, 0.25) is 0 Å². The molecular weight excluding hydrogens is 174 g/mol. The molecule has 2 heteroatoms. The minimum atomic E-state index is 0.0386. The minimum Gasteiger partial charge on any atom is -0.294 e. The van der Waals surface area contributed by atoms with E-state index in [1.54, 1.807) is 6.20 Å². The van der Waals surface area contributed by atoms with E-state index in [0.29, 0.717) is 5.92 Å². The van der Waals surface area contributed by atoms with Gasteiger partial charge in [0.15, 0.2) is 5.78 Å². The van der Waals surface area contributed by atoms with Crippen LogP contribution < -0.4 is 0 Å². The number of Topliss-reactive ketones (excluding diaryl/α,β-unsaturated/α-hetero) is 1. The summed E-state index contributed by atoms with van der Waals surface area (Å²) in [5.74, 6) is 0.521. The molecule has 1 aromatic heterocycles. The fourth-order valence-electron chi connectivity index (χ4n) is 1.40. The Hall–Kier alpha value is -1.18. The standard InChI is InChI=1S/C12H17NO/c1-8(2)11-10(6-5-7-13-11)12(14)9(3)4/h5-9H,1-4H3. The number of hydrogen-bond acceptors (Lipinski definition) is 2. The third-order valence-corrected chi connectivity index (χ3v) is 2.18. The number of hydrogen-bond donors (Lipinski definition) is 0. The maximum Gasteiger partial charge on any atom is 0.167 e. The van der Waals surface area contributed by atoms with E-state index in [0.717, 1.165) is 11.3 Å². The maximum absolute atomic E-state index is 11.8. The first-order valence-corrected chi connectivity index (χ1v) is 5.03. The summed E-state index contributed by atoms with van der Waals surface area (Å²) in [7, 11) is 0. The molecule has 1 aromatic rings. The molecule has 0 radical (unpaired) electrons. The van der Waals surface area contributed by atoms with Gasteiger partial charge in [0.05, 0.1) is 5.69 Å². The van der Waals surface area contributed by atoms with Crippen molar-refractivity contribution in [3.8, 4) is 0 Å². The quantitative estimate of drug-likeness (QED) is 0.687. The zero-order valence-electron chi connectivity index (χ0n) is 9.24. The number of nitrogens with zero attached hydrogens (tertiary/aromatic N) is 1. The van der Waals surface area contributed by atoms with Gasteiger partial charge in [0.1, 0.15) is 0 Å². The van der Waals surface area contributed by atoms with Crippen molar-refractivity contribution in [2.24, 2.45) is 5.92 Å². The molecule has 0 saturated carbocycles. The van der Waals surface area contributed by atoms with Gasteiger partial charge in [0.2, 0.25) is 0 Å². The molecule has 0 atom stereocenters. The monoisotopic (exact) mass is 191 g/mol. The third-order valence-electron chi connectivity index (χ3n) is 2.18. The Labute approximate surface area is 85.4 Å². The number of rotatable bonds is 3. The molecule has 0 aliphatic heterocycles. The van der Waals surface area contributed by atoms with Gasteiger partial charge >= 0.3 is 0 Å². The summed E-state index contributed by atoms with van der Waals surface area (Å²) in [6.07, 6.45) is 1.74. The first-order chi connectivity index (χ1) is 6.54. The molecule has 0 bridgehead atoms. The van der Waals surface area contributed by atoms with E-state index < -0.39 is 0 Å². The molecule has 0 amide bonds. The summed E-state index contributed by atoms with van der Waals surface area (Å²) in [5.41, 5.74) is 1.68. The molecule has 0 spiro atoms. The number of carbonyl (C=O) groups is 1. The van der Waals surface area contributed by atoms with Crippen molar-refractivity contribution in [3.63, 3.8) is 0 Å². The van der Waals surface area contributed by atoms with Crippen molar-refractivity contribution in [2.75, 3.05) is 0 Å². The number of ketones is 1. The van der Waals surface area contributed by atoms with E-state index in [2.05, 4.69) is 18.8 Å². The van der Waals surface area contributed by atoms with Crippen molar-refractivity contribution in [2.45, 2.75) is 33.6 Å². The van der Waals surface area contributed by atoms with Gasteiger partial charge in [-0.05, 0) is 18.1 Å². The third kappa shape index (κ3) is 2.19. The number of pyridine rings is 1.